The molecule has 1 amide bonds. The third-order valence-corrected chi connectivity index (χ3v) is 3.86. The van der Waals surface area contributed by atoms with Crippen LogP contribution < -0.4 is 10.6 Å². The smallest absolute Gasteiger partial charge is 0.269 e. The van der Waals surface area contributed by atoms with Crippen molar-refractivity contribution in [2.45, 2.75) is 40.5 Å². The van der Waals surface area contributed by atoms with Crippen LogP contribution in [0.25, 0.3) is 0 Å². The summed E-state index contributed by atoms with van der Waals surface area (Å²) in [6, 6.07) is 9.98. The van der Waals surface area contributed by atoms with Gasteiger partial charge in [-0.3, -0.25) is 9.78 Å². The van der Waals surface area contributed by atoms with Crippen molar-refractivity contribution in [3.05, 3.63) is 53.3 Å². The fraction of sp³-hybridized carbons (Fsp3) is 0.400. The highest BCUT2D eigenvalue weighted by molar-refractivity contribution is 5.93. The Balaban J connectivity index is 2.23. The molecule has 0 saturated heterocycles. The first kappa shape index (κ1) is 18.0. The van der Waals surface area contributed by atoms with Gasteiger partial charge in [-0.1, -0.05) is 45.9 Å². The second kappa shape index (κ2) is 7.95. The van der Waals surface area contributed by atoms with E-state index in [0.29, 0.717) is 24.1 Å². The minimum atomic E-state index is -0.138. The number of aryl methyl sites for hydroxylation is 1. The van der Waals surface area contributed by atoms with Crippen LogP contribution >= 0.6 is 0 Å². The molecule has 0 spiro atoms. The van der Waals surface area contributed by atoms with E-state index < -0.39 is 0 Å². The molecule has 128 valence electrons. The molecule has 0 radical (unpaired) electrons. The lowest BCUT2D eigenvalue weighted by Crippen LogP contribution is -2.28. The Bertz CT molecular complexity index is 708. The molecule has 2 N–H and O–H groups in total. The van der Waals surface area contributed by atoms with Crippen LogP contribution in [0.2, 0.25) is 0 Å². The number of hydrogen-bond donors (Lipinski definition) is 2. The Morgan fingerprint density at radius 1 is 1.17 bits per heavy atom. The summed E-state index contributed by atoms with van der Waals surface area (Å²) in [5, 5.41) is 6.36. The van der Waals surface area contributed by atoms with Gasteiger partial charge < -0.3 is 10.6 Å². The highest BCUT2D eigenvalue weighted by Crippen LogP contribution is 2.30. The van der Waals surface area contributed by atoms with E-state index in [2.05, 4.69) is 68.4 Å². The zero-order valence-electron chi connectivity index (χ0n) is 15.2. The van der Waals surface area contributed by atoms with E-state index in [9.17, 15) is 4.79 Å². The predicted octanol–water partition coefficient (Wildman–Crippen LogP) is 4.64. The zero-order chi connectivity index (χ0) is 17.7. The second-order valence-electron chi connectivity index (χ2n) is 6.85. The number of anilines is 2. The molecule has 2 rings (SSSR count). The fourth-order valence-corrected chi connectivity index (χ4v) is 2.51. The van der Waals surface area contributed by atoms with Crippen LogP contribution in [0.4, 0.5) is 11.4 Å². The number of aromatic nitrogens is 1. The number of amides is 1. The van der Waals surface area contributed by atoms with Crippen molar-refractivity contribution in [2.75, 3.05) is 11.9 Å². The quantitative estimate of drug-likeness (QED) is 0.813. The van der Waals surface area contributed by atoms with Crippen LogP contribution in [-0.2, 0) is 0 Å². The first-order valence-electron chi connectivity index (χ1n) is 8.49. The number of carbonyl (C=O) groups is 1. The van der Waals surface area contributed by atoms with E-state index >= 15 is 0 Å². The Kier molecular flexibility index (Phi) is 5.96. The topological polar surface area (TPSA) is 54.0 Å². The molecule has 0 unspecified atom stereocenters. The molecular weight excluding hydrogens is 298 g/mol. The van der Waals surface area contributed by atoms with E-state index in [1.54, 1.807) is 12.3 Å². The molecule has 24 heavy (non-hydrogen) atoms. The van der Waals surface area contributed by atoms with E-state index in [-0.39, 0.29) is 5.91 Å². The number of rotatable bonds is 6. The molecule has 1 aromatic heterocycles. The standard InChI is InChI=1S/C20H27N3O/c1-13(2)12-22-20(24)18-11-16(9-10-21-18)23-19-15(5)7-6-8-17(19)14(3)4/h6-11,13-14H,12H2,1-5H3,(H,21,23)(H,22,24). The third kappa shape index (κ3) is 4.57. The van der Waals surface area contributed by atoms with Gasteiger partial charge in [0.2, 0.25) is 0 Å². The van der Waals surface area contributed by atoms with Crippen LogP contribution in [0, 0.1) is 12.8 Å². The van der Waals surface area contributed by atoms with E-state index in [1.807, 2.05) is 6.07 Å². The predicted molar refractivity (Wildman–Crippen MR) is 100.0 cm³/mol. The van der Waals surface area contributed by atoms with Gasteiger partial charge in [0, 0.05) is 24.1 Å². The van der Waals surface area contributed by atoms with Gasteiger partial charge in [0.1, 0.15) is 5.69 Å². The Hall–Kier alpha value is -2.36. The molecule has 0 fully saturated rings. The van der Waals surface area contributed by atoms with Crippen LogP contribution in [0.3, 0.4) is 0 Å². The van der Waals surface area contributed by atoms with E-state index in [4.69, 9.17) is 0 Å². The zero-order valence-corrected chi connectivity index (χ0v) is 15.2. The molecule has 1 heterocycles. The average Bonchev–Trinajstić information content (AvgIpc) is 2.54. The molecule has 0 aliphatic heterocycles. The molecule has 0 saturated carbocycles. The van der Waals surface area contributed by atoms with Crippen molar-refractivity contribution in [3.63, 3.8) is 0 Å². The summed E-state index contributed by atoms with van der Waals surface area (Å²) < 4.78 is 0. The monoisotopic (exact) mass is 325 g/mol. The lowest BCUT2D eigenvalue weighted by atomic mass is 9.98. The Morgan fingerprint density at radius 2 is 1.92 bits per heavy atom. The van der Waals surface area contributed by atoms with Crippen molar-refractivity contribution in [1.82, 2.24) is 10.3 Å². The first-order valence-corrected chi connectivity index (χ1v) is 8.49. The average molecular weight is 325 g/mol. The van der Waals surface area contributed by atoms with Gasteiger partial charge in [-0.25, -0.2) is 0 Å². The number of hydrogen-bond acceptors (Lipinski definition) is 3. The largest absolute Gasteiger partial charge is 0.355 e. The van der Waals surface area contributed by atoms with Gasteiger partial charge in [-0.2, -0.15) is 0 Å². The second-order valence-corrected chi connectivity index (χ2v) is 6.85. The first-order chi connectivity index (χ1) is 11.4. The SMILES string of the molecule is Cc1cccc(C(C)C)c1Nc1ccnc(C(=O)NCC(C)C)c1. The van der Waals surface area contributed by atoms with Gasteiger partial charge in [-0.15, -0.1) is 0 Å². The summed E-state index contributed by atoms with van der Waals surface area (Å²) in [4.78, 5) is 16.4. The maximum atomic E-state index is 12.2. The molecule has 0 aliphatic carbocycles. The summed E-state index contributed by atoms with van der Waals surface area (Å²) in [6.45, 7) is 11.2. The number of benzene rings is 1. The summed E-state index contributed by atoms with van der Waals surface area (Å²) >= 11 is 0. The molecule has 0 atom stereocenters. The summed E-state index contributed by atoms with van der Waals surface area (Å²) in [5.41, 5.74) is 4.85. The summed E-state index contributed by atoms with van der Waals surface area (Å²) in [6.07, 6.45) is 1.67. The summed E-state index contributed by atoms with van der Waals surface area (Å²) in [5.74, 6) is 0.695. The third-order valence-electron chi connectivity index (χ3n) is 3.86. The van der Waals surface area contributed by atoms with Crippen molar-refractivity contribution in [1.29, 1.82) is 0 Å². The van der Waals surface area contributed by atoms with Crippen LogP contribution in [0.5, 0.6) is 0 Å². The molecule has 0 aliphatic rings. The minimum Gasteiger partial charge on any atom is -0.355 e. The van der Waals surface area contributed by atoms with Crippen molar-refractivity contribution in [2.24, 2.45) is 5.92 Å². The van der Waals surface area contributed by atoms with Crippen LogP contribution in [0.1, 0.15) is 55.2 Å². The maximum Gasteiger partial charge on any atom is 0.269 e. The van der Waals surface area contributed by atoms with Gasteiger partial charge in [0.15, 0.2) is 0 Å². The van der Waals surface area contributed by atoms with Crippen molar-refractivity contribution in [3.8, 4) is 0 Å². The van der Waals surface area contributed by atoms with Gasteiger partial charge in [0.25, 0.3) is 5.91 Å². The van der Waals surface area contributed by atoms with Crippen LogP contribution in [0.15, 0.2) is 36.5 Å². The van der Waals surface area contributed by atoms with Gasteiger partial charge in [-0.05, 0) is 42.0 Å². The number of nitrogens with zero attached hydrogens (tertiary/aromatic N) is 1. The Morgan fingerprint density at radius 3 is 2.58 bits per heavy atom. The lowest BCUT2D eigenvalue weighted by Gasteiger charge is -2.17. The molecule has 4 heteroatoms. The summed E-state index contributed by atoms with van der Waals surface area (Å²) in [7, 11) is 0. The van der Waals surface area contributed by atoms with Crippen molar-refractivity contribution >= 4 is 17.3 Å². The number of pyridine rings is 1. The molecular formula is C20H27N3O. The Labute approximate surface area is 144 Å². The normalized spacial score (nSPS) is 11.0. The molecule has 4 nitrogen and oxygen atoms in total. The molecule has 0 bridgehead atoms. The van der Waals surface area contributed by atoms with Gasteiger partial charge >= 0.3 is 0 Å². The number of para-hydroxylation sites is 1. The van der Waals surface area contributed by atoms with E-state index in [0.717, 1.165) is 11.4 Å². The van der Waals surface area contributed by atoms with Crippen molar-refractivity contribution < 1.29 is 4.79 Å². The lowest BCUT2D eigenvalue weighted by molar-refractivity contribution is 0.0944. The molecule has 2 aromatic rings. The van der Waals surface area contributed by atoms with Crippen LogP contribution in [-0.4, -0.2) is 17.4 Å². The maximum absolute atomic E-state index is 12.2. The number of carbonyl (C=O) groups excluding carboxylic acids is 1. The highest BCUT2D eigenvalue weighted by Gasteiger charge is 2.12. The minimum absolute atomic E-state index is 0.138. The van der Waals surface area contributed by atoms with E-state index in [1.165, 1.54) is 11.1 Å². The van der Waals surface area contributed by atoms with Gasteiger partial charge in [0.05, 0.1) is 0 Å². The number of nitrogens with one attached hydrogen (secondary N) is 2. The highest BCUT2D eigenvalue weighted by atomic mass is 16.1. The fourth-order valence-electron chi connectivity index (χ4n) is 2.51. The molecule has 1 aromatic carbocycles.